The lowest BCUT2D eigenvalue weighted by Crippen LogP contribution is -2.50. The minimum atomic E-state index is -4.71. The second-order valence-electron chi connectivity index (χ2n) is 6.67. The number of likely N-dealkylation sites (tertiary alicyclic amines) is 1. The van der Waals surface area contributed by atoms with Crippen LogP contribution in [0.1, 0.15) is 18.4 Å². The molecule has 0 aliphatic carbocycles. The Balaban J connectivity index is 1.79. The number of halogens is 3. The normalized spacial score (nSPS) is 17.9. The summed E-state index contributed by atoms with van der Waals surface area (Å²) >= 11 is 0. The van der Waals surface area contributed by atoms with Crippen LogP contribution in [0.5, 0.6) is 0 Å². The molecule has 1 aromatic carbocycles. The predicted molar refractivity (Wildman–Crippen MR) is 98.0 cm³/mol. The van der Waals surface area contributed by atoms with E-state index in [2.05, 4.69) is 20.1 Å². The van der Waals surface area contributed by atoms with Gasteiger partial charge in [0.25, 0.3) is 0 Å². The molecule has 1 aliphatic rings. The first-order chi connectivity index (χ1) is 13.5. The molecule has 29 heavy (non-hydrogen) atoms. The number of benzene rings is 1. The first-order valence-corrected chi connectivity index (χ1v) is 10.5. The summed E-state index contributed by atoms with van der Waals surface area (Å²) in [5.41, 5.74) is -1.28. The molecule has 1 aliphatic heterocycles. The number of rotatable bonds is 4. The van der Waals surface area contributed by atoms with Gasteiger partial charge in [-0.2, -0.15) is 18.3 Å². The van der Waals surface area contributed by atoms with E-state index in [0.717, 1.165) is 18.4 Å². The van der Waals surface area contributed by atoms with Gasteiger partial charge >= 0.3 is 12.2 Å². The summed E-state index contributed by atoms with van der Waals surface area (Å²) in [5, 5.41) is 6.08. The minimum absolute atomic E-state index is 0.0668. The van der Waals surface area contributed by atoms with Gasteiger partial charge in [-0.25, -0.2) is 27.6 Å². The number of urea groups is 1. The number of anilines is 1. The Bertz CT molecular complexity index is 978. The zero-order chi connectivity index (χ0) is 21.2. The van der Waals surface area contributed by atoms with Crippen molar-refractivity contribution < 1.29 is 26.4 Å². The van der Waals surface area contributed by atoms with Crippen LogP contribution in [0.25, 0.3) is 5.69 Å². The number of amides is 2. The van der Waals surface area contributed by atoms with Gasteiger partial charge < -0.3 is 10.2 Å². The fourth-order valence-electron chi connectivity index (χ4n) is 3.11. The highest BCUT2D eigenvalue weighted by atomic mass is 32.2. The number of carbonyl (C=O) groups is 1. The zero-order valence-electron chi connectivity index (χ0n) is 15.3. The van der Waals surface area contributed by atoms with Crippen molar-refractivity contribution >= 4 is 21.7 Å². The quantitative estimate of drug-likeness (QED) is 0.766. The first kappa shape index (κ1) is 21.0. The summed E-state index contributed by atoms with van der Waals surface area (Å²) in [7, 11) is -3.45. The molecule has 2 heterocycles. The van der Waals surface area contributed by atoms with E-state index < -0.39 is 39.5 Å². The van der Waals surface area contributed by atoms with Gasteiger partial charge in [0, 0.05) is 19.1 Å². The van der Waals surface area contributed by atoms with Crippen molar-refractivity contribution in [2.24, 2.45) is 0 Å². The highest BCUT2D eigenvalue weighted by molar-refractivity contribution is 7.88. The van der Waals surface area contributed by atoms with Crippen LogP contribution in [-0.4, -0.2) is 59.5 Å². The second-order valence-corrected chi connectivity index (χ2v) is 8.45. The molecular formula is C16H19F3N6O3S. The average molecular weight is 432 g/mol. The van der Waals surface area contributed by atoms with Gasteiger partial charge in [-0.3, -0.25) is 0 Å². The van der Waals surface area contributed by atoms with Crippen LogP contribution in [0, 0.1) is 0 Å². The molecule has 2 aromatic rings. The topological polar surface area (TPSA) is 109 Å². The van der Waals surface area contributed by atoms with Crippen LogP contribution < -0.4 is 10.0 Å². The van der Waals surface area contributed by atoms with Crippen LogP contribution in [-0.2, 0) is 16.2 Å². The van der Waals surface area contributed by atoms with E-state index in [4.69, 9.17) is 0 Å². The number of piperidine rings is 1. The molecule has 1 atom stereocenters. The number of hydrogen-bond donors (Lipinski definition) is 2. The van der Waals surface area contributed by atoms with Gasteiger partial charge in [0.05, 0.1) is 23.2 Å². The van der Waals surface area contributed by atoms with Crippen LogP contribution in [0.15, 0.2) is 30.9 Å². The van der Waals surface area contributed by atoms with Crippen molar-refractivity contribution in [2.75, 3.05) is 24.7 Å². The van der Waals surface area contributed by atoms with Gasteiger partial charge in [-0.1, -0.05) is 0 Å². The highest BCUT2D eigenvalue weighted by Gasteiger charge is 2.35. The molecule has 1 aromatic heterocycles. The number of sulfonamides is 1. The maximum atomic E-state index is 13.5. The molecule has 0 radical (unpaired) electrons. The summed E-state index contributed by atoms with van der Waals surface area (Å²) in [4.78, 5) is 17.5. The summed E-state index contributed by atoms with van der Waals surface area (Å²) in [6, 6.07) is 2.18. The lowest BCUT2D eigenvalue weighted by Gasteiger charge is -2.33. The van der Waals surface area contributed by atoms with Crippen molar-refractivity contribution in [2.45, 2.75) is 25.1 Å². The first-order valence-electron chi connectivity index (χ1n) is 8.62. The molecule has 2 amide bonds. The third-order valence-corrected chi connectivity index (χ3v) is 5.08. The Morgan fingerprint density at radius 3 is 2.69 bits per heavy atom. The van der Waals surface area contributed by atoms with Crippen molar-refractivity contribution in [3.63, 3.8) is 0 Å². The fraction of sp³-hybridized carbons (Fsp3) is 0.438. The Hall–Kier alpha value is -2.67. The van der Waals surface area contributed by atoms with E-state index in [1.54, 1.807) is 0 Å². The molecule has 1 unspecified atom stereocenters. The standard InChI is InChI=1S/C16H19F3N6O3S/c1-29(27,28)23-11-3-2-6-24(8-11)15(26)22-14-5-4-12(25-10-20-9-21-25)7-13(14)16(17,18)19/h4-5,7,9-11,23H,2-3,6,8H2,1H3,(H,22,26). The maximum Gasteiger partial charge on any atom is 0.418 e. The fourth-order valence-corrected chi connectivity index (χ4v) is 3.91. The van der Waals surface area contributed by atoms with Crippen LogP contribution in [0.3, 0.4) is 0 Å². The molecule has 0 saturated carbocycles. The number of aromatic nitrogens is 3. The average Bonchev–Trinajstić information content (AvgIpc) is 3.14. The SMILES string of the molecule is CS(=O)(=O)NC1CCCN(C(=O)Nc2ccc(-n3cncn3)cc2C(F)(F)F)C1. The van der Waals surface area contributed by atoms with E-state index in [1.165, 1.54) is 28.3 Å². The smallest absolute Gasteiger partial charge is 0.323 e. The molecule has 3 rings (SSSR count). The predicted octanol–water partition coefficient (Wildman–Crippen LogP) is 1.83. The van der Waals surface area contributed by atoms with E-state index in [0.29, 0.717) is 19.4 Å². The molecule has 13 heteroatoms. The Kier molecular flexibility index (Phi) is 5.80. The zero-order valence-corrected chi connectivity index (χ0v) is 16.2. The molecule has 9 nitrogen and oxygen atoms in total. The van der Waals surface area contributed by atoms with Gasteiger partial charge in [-0.05, 0) is 31.0 Å². The highest BCUT2D eigenvalue weighted by Crippen LogP contribution is 2.36. The van der Waals surface area contributed by atoms with E-state index in [1.807, 2.05) is 0 Å². The lowest BCUT2D eigenvalue weighted by molar-refractivity contribution is -0.136. The number of nitrogens with one attached hydrogen (secondary N) is 2. The molecule has 1 fully saturated rings. The molecule has 2 N–H and O–H groups in total. The van der Waals surface area contributed by atoms with Crippen LogP contribution in [0.4, 0.5) is 23.7 Å². The minimum Gasteiger partial charge on any atom is -0.323 e. The summed E-state index contributed by atoms with van der Waals surface area (Å²) in [6.45, 7) is 0.378. The monoisotopic (exact) mass is 432 g/mol. The maximum absolute atomic E-state index is 13.5. The second kappa shape index (κ2) is 7.99. The largest absolute Gasteiger partial charge is 0.418 e. The van der Waals surface area contributed by atoms with E-state index in [9.17, 15) is 26.4 Å². The van der Waals surface area contributed by atoms with Crippen molar-refractivity contribution in [3.8, 4) is 5.69 Å². The molecular weight excluding hydrogens is 413 g/mol. The van der Waals surface area contributed by atoms with Crippen LogP contribution >= 0.6 is 0 Å². The van der Waals surface area contributed by atoms with Crippen molar-refractivity contribution in [3.05, 3.63) is 36.4 Å². The van der Waals surface area contributed by atoms with Crippen molar-refractivity contribution in [1.82, 2.24) is 24.4 Å². The molecule has 158 valence electrons. The number of alkyl halides is 3. The van der Waals surface area contributed by atoms with Gasteiger partial charge in [0.15, 0.2) is 0 Å². The van der Waals surface area contributed by atoms with E-state index in [-0.39, 0.29) is 12.2 Å². The lowest BCUT2D eigenvalue weighted by atomic mass is 10.1. The van der Waals surface area contributed by atoms with Crippen molar-refractivity contribution in [1.29, 1.82) is 0 Å². The molecule has 0 bridgehead atoms. The number of hydrogen-bond acceptors (Lipinski definition) is 5. The Morgan fingerprint density at radius 1 is 1.31 bits per heavy atom. The number of carbonyl (C=O) groups excluding carboxylic acids is 1. The van der Waals surface area contributed by atoms with Gasteiger partial charge in [0.1, 0.15) is 12.7 Å². The molecule has 1 saturated heterocycles. The third kappa shape index (κ3) is 5.44. The van der Waals surface area contributed by atoms with E-state index >= 15 is 0 Å². The summed E-state index contributed by atoms with van der Waals surface area (Å²) < 4.78 is 66.9. The number of nitrogens with zero attached hydrogens (tertiary/aromatic N) is 4. The van der Waals surface area contributed by atoms with Gasteiger partial charge in [-0.15, -0.1) is 0 Å². The Morgan fingerprint density at radius 2 is 2.07 bits per heavy atom. The Labute approximate surface area is 165 Å². The van der Waals surface area contributed by atoms with Crippen LogP contribution in [0.2, 0.25) is 0 Å². The van der Waals surface area contributed by atoms with Gasteiger partial charge in [0.2, 0.25) is 10.0 Å². The summed E-state index contributed by atoms with van der Waals surface area (Å²) in [5.74, 6) is 0. The summed E-state index contributed by atoms with van der Waals surface area (Å²) in [6.07, 6.45) is -0.175. The third-order valence-electron chi connectivity index (χ3n) is 4.32. The molecule has 0 spiro atoms.